The molecule has 0 radical (unpaired) electrons. The monoisotopic (exact) mass is 291 g/mol. The van der Waals surface area contributed by atoms with Gasteiger partial charge in [0.25, 0.3) is 0 Å². The van der Waals surface area contributed by atoms with Gasteiger partial charge in [0.1, 0.15) is 0 Å². The molecule has 0 saturated carbocycles. The Hall–Kier alpha value is -1.69. The Morgan fingerprint density at radius 2 is 2.10 bits per heavy atom. The van der Waals surface area contributed by atoms with E-state index >= 15 is 0 Å². The molecule has 2 atom stereocenters. The van der Waals surface area contributed by atoms with Gasteiger partial charge in [0.2, 0.25) is 5.89 Å². The molecule has 21 heavy (non-hydrogen) atoms. The summed E-state index contributed by atoms with van der Waals surface area (Å²) in [5.41, 5.74) is 0. The van der Waals surface area contributed by atoms with Crippen LogP contribution in [0.25, 0.3) is 0 Å². The number of aryl methyl sites for hydroxylation is 1. The first kappa shape index (κ1) is 15.7. The Balaban J connectivity index is 1.80. The van der Waals surface area contributed by atoms with Crippen LogP contribution in [0.1, 0.15) is 51.9 Å². The minimum atomic E-state index is 0.260. The number of nitrogens with zero attached hydrogens (tertiary/aromatic N) is 4. The van der Waals surface area contributed by atoms with Gasteiger partial charge >= 0.3 is 0 Å². The molecule has 6 nitrogen and oxygen atoms in total. The van der Waals surface area contributed by atoms with E-state index in [4.69, 9.17) is 4.52 Å². The van der Waals surface area contributed by atoms with Crippen LogP contribution in [0.2, 0.25) is 0 Å². The van der Waals surface area contributed by atoms with Gasteiger partial charge in [-0.1, -0.05) is 19.0 Å². The highest BCUT2D eigenvalue weighted by molar-refractivity contribution is 4.88. The van der Waals surface area contributed by atoms with Gasteiger partial charge in [0, 0.05) is 24.9 Å². The van der Waals surface area contributed by atoms with E-state index in [1.165, 1.54) is 0 Å². The Kier molecular flexibility index (Phi) is 5.50. The second-order valence-corrected chi connectivity index (χ2v) is 5.93. The maximum Gasteiger partial charge on any atom is 0.240 e. The summed E-state index contributed by atoms with van der Waals surface area (Å²) < 4.78 is 7.22. The van der Waals surface area contributed by atoms with Gasteiger partial charge in [-0.3, -0.25) is 4.68 Å². The third kappa shape index (κ3) is 4.67. The zero-order valence-corrected chi connectivity index (χ0v) is 13.3. The van der Waals surface area contributed by atoms with Crippen LogP contribution in [-0.2, 0) is 13.0 Å². The number of rotatable bonds is 8. The lowest BCUT2D eigenvalue weighted by molar-refractivity contribution is 0.323. The van der Waals surface area contributed by atoms with Crippen LogP contribution < -0.4 is 5.32 Å². The van der Waals surface area contributed by atoms with Crippen LogP contribution in [0.4, 0.5) is 0 Å². The van der Waals surface area contributed by atoms with Crippen LogP contribution in [0.3, 0.4) is 0 Å². The Morgan fingerprint density at radius 3 is 2.76 bits per heavy atom. The number of hydrogen-bond donors (Lipinski definition) is 1. The molecule has 0 aliphatic carbocycles. The molecule has 116 valence electrons. The van der Waals surface area contributed by atoms with Crippen molar-refractivity contribution in [3.63, 3.8) is 0 Å². The van der Waals surface area contributed by atoms with E-state index in [1.54, 1.807) is 6.20 Å². The summed E-state index contributed by atoms with van der Waals surface area (Å²) in [5.74, 6) is 2.10. The molecule has 0 aromatic carbocycles. The third-order valence-corrected chi connectivity index (χ3v) is 3.70. The lowest BCUT2D eigenvalue weighted by Gasteiger charge is -2.20. The maximum absolute atomic E-state index is 5.27. The van der Waals surface area contributed by atoms with E-state index < -0.39 is 0 Å². The molecule has 0 unspecified atom stereocenters. The van der Waals surface area contributed by atoms with Crippen LogP contribution in [0.5, 0.6) is 0 Å². The molecule has 0 aliphatic heterocycles. The molecule has 6 heteroatoms. The van der Waals surface area contributed by atoms with E-state index in [0.717, 1.165) is 18.7 Å². The maximum atomic E-state index is 5.27. The first-order valence-electron chi connectivity index (χ1n) is 7.60. The average Bonchev–Trinajstić information content (AvgIpc) is 3.13. The minimum Gasteiger partial charge on any atom is -0.338 e. The van der Waals surface area contributed by atoms with E-state index in [0.29, 0.717) is 18.4 Å². The van der Waals surface area contributed by atoms with Crippen LogP contribution >= 0.6 is 0 Å². The van der Waals surface area contributed by atoms with Crippen molar-refractivity contribution in [2.45, 2.75) is 59.2 Å². The van der Waals surface area contributed by atoms with Crippen molar-refractivity contribution in [1.82, 2.24) is 25.2 Å². The molecule has 0 fully saturated rings. The standard InChI is InChI=1S/C15H25N5O/c1-11(2)6-7-14-18-15(21-19-14)10-16-12(3)13(4)20-9-5-8-17-20/h5,8-9,11-13,16H,6-7,10H2,1-4H3/t12-,13-/m1/s1. The Labute approximate surface area is 125 Å². The molecule has 0 spiro atoms. The van der Waals surface area contributed by atoms with E-state index in [2.05, 4.69) is 48.3 Å². The molecule has 0 aliphatic rings. The predicted octanol–water partition coefficient (Wildman–Crippen LogP) is 2.59. The summed E-state index contributed by atoms with van der Waals surface area (Å²) in [6, 6.07) is 2.46. The van der Waals surface area contributed by atoms with Crippen LogP contribution in [-0.4, -0.2) is 26.0 Å². The third-order valence-electron chi connectivity index (χ3n) is 3.70. The Morgan fingerprint density at radius 1 is 1.29 bits per heavy atom. The van der Waals surface area contributed by atoms with Gasteiger partial charge in [-0.2, -0.15) is 10.1 Å². The summed E-state index contributed by atoms with van der Waals surface area (Å²) in [7, 11) is 0. The van der Waals surface area contributed by atoms with Gasteiger partial charge in [-0.25, -0.2) is 0 Å². The van der Waals surface area contributed by atoms with Crippen molar-refractivity contribution >= 4 is 0 Å². The molecule has 2 aromatic heterocycles. The lowest BCUT2D eigenvalue weighted by Crippen LogP contribution is -2.33. The molecule has 1 N–H and O–H groups in total. The van der Waals surface area contributed by atoms with Gasteiger partial charge in [0.05, 0.1) is 12.6 Å². The van der Waals surface area contributed by atoms with E-state index in [1.807, 2.05) is 16.9 Å². The topological polar surface area (TPSA) is 68.8 Å². The van der Waals surface area contributed by atoms with Gasteiger partial charge < -0.3 is 9.84 Å². The fourth-order valence-corrected chi connectivity index (χ4v) is 2.05. The van der Waals surface area contributed by atoms with Crippen molar-refractivity contribution in [2.24, 2.45) is 5.92 Å². The molecule has 0 saturated heterocycles. The lowest BCUT2D eigenvalue weighted by atomic mass is 10.1. The first-order valence-corrected chi connectivity index (χ1v) is 7.60. The van der Waals surface area contributed by atoms with Crippen LogP contribution in [0, 0.1) is 5.92 Å². The summed E-state index contributed by atoms with van der Waals surface area (Å²) in [6.07, 6.45) is 5.72. The molecule has 2 heterocycles. The predicted molar refractivity (Wildman–Crippen MR) is 80.7 cm³/mol. The number of aromatic nitrogens is 4. The van der Waals surface area contributed by atoms with Crippen LogP contribution in [0.15, 0.2) is 23.0 Å². The fraction of sp³-hybridized carbons (Fsp3) is 0.667. The second-order valence-electron chi connectivity index (χ2n) is 5.93. The van der Waals surface area contributed by atoms with E-state index in [-0.39, 0.29) is 12.1 Å². The normalized spacial score (nSPS) is 14.5. The SMILES string of the molecule is CC(C)CCc1noc(CN[C@H](C)[C@@H](C)n2cccn2)n1. The average molecular weight is 291 g/mol. The van der Waals surface area contributed by atoms with Gasteiger partial charge in [-0.15, -0.1) is 0 Å². The van der Waals surface area contributed by atoms with Crippen molar-refractivity contribution < 1.29 is 4.52 Å². The van der Waals surface area contributed by atoms with Crippen molar-refractivity contribution in [3.05, 3.63) is 30.2 Å². The summed E-state index contributed by atoms with van der Waals surface area (Å²) in [5, 5.41) is 11.7. The highest BCUT2D eigenvalue weighted by atomic mass is 16.5. The van der Waals surface area contributed by atoms with Crippen molar-refractivity contribution in [2.75, 3.05) is 0 Å². The first-order chi connectivity index (χ1) is 10.1. The zero-order valence-electron chi connectivity index (χ0n) is 13.3. The van der Waals surface area contributed by atoms with Gasteiger partial charge in [0.15, 0.2) is 5.82 Å². The van der Waals surface area contributed by atoms with Gasteiger partial charge in [-0.05, 0) is 32.3 Å². The minimum absolute atomic E-state index is 0.260. The zero-order chi connectivity index (χ0) is 15.2. The van der Waals surface area contributed by atoms with Crippen molar-refractivity contribution in [3.8, 4) is 0 Å². The Bertz CT molecular complexity index is 520. The molecular weight excluding hydrogens is 266 g/mol. The van der Waals surface area contributed by atoms with E-state index in [9.17, 15) is 0 Å². The fourth-order valence-electron chi connectivity index (χ4n) is 2.05. The number of nitrogens with one attached hydrogen (secondary N) is 1. The highest BCUT2D eigenvalue weighted by Gasteiger charge is 2.15. The highest BCUT2D eigenvalue weighted by Crippen LogP contribution is 2.10. The molecule has 0 bridgehead atoms. The molecular formula is C15H25N5O. The summed E-state index contributed by atoms with van der Waals surface area (Å²) in [4.78, 5) is 4.41. The summed E-state index contributed by atoms with van der Waals surface area (Å²) >= 11 is 0. The molecule has 2 aromatic rings. The van der Waals surface area contributed by atoms with Crippen molar-refractivity contribution in [1.29, 1.82) is 0 Å². The molecule has 0 amide bonds. The number of hydrogen-bond acceptors (Lipinski definition) is 5. The quantitative estimate of drug-likeness (QED) is 0.809. The largest absolute Gasteiger partial charge is 0.338 e. The second kappa shape index (κ2) is 7.36. The smallest absolute Gasteiger partial charge is 0.240 e. The molecule has 2 rings (SSSR count). The summed E-state index contributed by atoms with van der Waals surface area (Å²) in [6.45, 7) is 9.23.